The average molecular weight is 474 g/mol. The minimum atomic E-state index is -1.75. The molecule has 4 rings (SSSR count). The molecule has 3 N–H and O–H groups in total. The molecule has 180 valence electrons. The zero-order chi connectivity index (χ0) is 24.9. The van der Waals surface area contributed by atoms with E-state index in [-0.39, 0.29) is 5.56 Å². The summed E-state index contributed by atoms with van der Waals surface area (Å²) in [6.45, 7) is 2.59. The van der Waals surface area contributed by atoms with Crippen molar-refractivity contribution in [3.63, 3.8) is 0 Å². The van der Waals surface area contributed by atoms with Gasteiger partial charge in [0.25, 0.3) is 5.89 Å². The Kier molecular flexibility index (Phi) is 7.45. The zero-order valence-corrected chi connectivity index (χ0v) is 19.6. The highest BCUT2D eigenvalue weighted by Gasteiger charge is 2.21. The smallest absolute Gasteiger partial charge is 0.258 e. The SMILES string of the molecule is COCc1cc(-c2nc(-c3cccc(C(=O)C(=N)CC(O)O)c3)no2)ccc1C1CC=CC=C1C. The Balaban J connectivity index is 1.61. The molecule has 0 radical (unpaired) electrons. The van der Waals surface area contributed by atoms with Crippen molar-refractivity contribution in [2.75, 3.05) is 7.11 Å². The number of hydrogen-bond donors (Lipinski definition) is 3. The minimum absolute atomic E-state index is 0.233. The molecule has 1 aliphatic carbocycles. The molecule has 2 aromatic carbocycles. The second kappa shape index (κ2) is 10.7. The number of ketones is 1. The van der Waals surface area contributed by atoms with E-state index in [1.807, 2.05) is 12.1 Å². The summed E-state index contributed by atoms with van der Waals surface area (Å²) in [4.78, 5) is 17.0. The molecule has 0 amide bonds. The number of aliphatic hydroxyl groups excluding tert-OH is 1. The third-order valence-corrected chi connectivity index (χ3v) is 5.95. The van der Waals surface area contributed by atoms with E-state index in [2.05, 4.69) is 41.4 Å². The van der Waals surface area contributed by atoms with Gasteiger partial charge in [-0.2, -0.15) is 4.98 Å². The summed E-state index contributed by atoms with van der Waals surface area (Å²) >= 11 is 0. The lowest BCUT2D eigenvalue weighted by Crippen LogP contribution is -2.20. The topological polar surface area (TPSA) is 130 Å². The van der Waals surface area contributed by atoms with E-state index in [4.69, 9.17) is 24.9 Å². The maximum Gasteiger partial charge on any atom is 0.258 e. The fourth-order valence-electron chi connectivity index (χ4n) is 4.18. The van der Waals surface area contributed by atoms with Gasteiger partial charge in [0.05, 0.1) is 12.3 Å². The van der Waals surface area contributed by atoms with E-state index in [1.165, 1.54) is 11.1 Å². The van der Waals surface area contributed by atoms with E-state index in [0.717, 1.165) is 17.5 Å². The van der Waals surface area contributed by atoms with Crippen molar-refractivity contribution < 1.29 is 24.3 Å². The van der Waals surface area contributed by atoms with Crippen LogP contribution in [0.3, 0.4) is 0 Å². The summed E-state index contributed by atoms with van der Waals surface area (Å²) in [5, 5.41) is 29.9. The number of allylic oxidation sites excluding steroid dienone is 4. The number of rotatable bonds is 9. The number of nitrogens with one attached hydrogen (secondary N) is 1. The first kappa shape index (κ1) is 24.4. The summed E-state index contributed by atoms with van der Waals surface area (Å²) in [5.74, 6) is 0.346. The highest BCUT2D eigenvalue weighted by atomic mass is 16.5. The standard InChI is InChI=1S/C27H27N3O5/c1-16-6-3-4-9-21(16)22-11-10-19(13-20(22)15-34-2)27-29-26(30-35-27)18-8-5-7-17(12-18)25(33)23(28)14-24(31)32/h3-8,10-13,21,24,28,31-32H,9,14-15H2,1-2H3. The first-order valence-electron chi connectivity index (χ1n) is 11.2. The first-order valence-corrected chi connectivity index (χ1v) is 11.2. The van der Waals surface area contributed by atoms with Crippen molar-refractivity contribution in [2.24, 2.45) is 0 Å². The molecule has 1 atom stereocenters. The first-order chi connectivity index (χ1) is 16.9. The van der Waals surface area contributed by atoms with Crippen LogP contribution < -0.4 is 0 Å². The number of hydrogen-bond acceptors (Lipinski definition) is 8. The molecule has 1 unspecified atom stereocenters. The van der Waals surface area contributed by atoms with Crippen molar-refractivity contribution in [1.82, 2.24) is 10.1 Å². The lowest BCUT2D eigenvalue weighted by molar-refractivity contribution is -0.0328. The normalized spacial score (nSPS) is 15.3. The van der Waals surface area contributed by atoms with Crippen LogP contribution in [0.4, 0.5) is 0 Å². The van der Waals surface area contributed by atoms with E-state index < -0.39 is 24.2 Å². The van der Waals surface area contributed by atoms with Gasteiger partial charge in [-0.3, -0.25) is 4.79 Å². The molecule has 0 fully saturated rings. The van der Waals surface area contributed by atoms with Gasteiger partial charge >= 0.3 is 0 Å². The van der Waals surface area contributed by atoms with Crippen molar-refractivity contribution in [1.29, 1.82) is 5.41 Å². The molecule has 0 aliphatic heterocycles. The minimum Gasteiger partial charge on any atom is -0.380 e. The van der Waals surface area contributed by atoms with E-state index in [1.54, 1.807) is 31.4 Å². The Labute approximate surface area is 203 Å². The lowest BCUT2D eigenvalue weighted by Gasteiger charge is -2.22. The second-order valence-electron chi connectivity index (χ2n) is 8.47. The third-order valence-electron chi connectivity index (χ3n) is 5.95. The van der Waals surface area contributed by atoms with Crippen molar-refractivity contribution in [2.45, 2.75) is 38.6 Å². The number of carbonyl (C=O) groups excluding carboxylic acids is 1. The van der Waals surface area contributed by atoms with Crippen molar-refractivity contribution in [3.05, 3.63) is 83.0 Å². The number of methoxy groups -OCH3 is 1. The number of aliphatic hydroxyl groups is 2. The Morgan fingerprint density at radius 1 is 1.23 bits per heavy atom. The molecule has 8 nitrogen and oxygen atoms in total. The Morgan fingerprint density at radius 2 is 2.06 bits per heavy atom. The van der Waals surface area contributed by atoms with Crippen LogP contribution in [0.5, 0.6) is 0 Å². The summed E-state index contributed by atoms with van der Waals surface area (Å²) < 4.78 is 11.0. The number of benzene rings is 2. The molecule has 8 heteroatoms. The molecule has 35 heavy (non-hydrogen) atoms. The molecule has 3 aromatic rings. The van der Waals surface area contributed by atoms with Crippen LogP contribution in [0.25, 0.3) is 22.8 Å². The second-order valence-corrected chi connectivity index (χ2v) is 8.47. The zero-order valence-electron chi connectivity index (χ0n) is 19.6. The number of nitrogens with zero attached hydrogens (tertiary/aromatic N) is 2. The molecule has 0 saturated heterocycles. The molecule has 1 aromatic heterocycles. The van der Waals surface area contributed by atoms with Gasteiger partial charge in [0, 0.05) is 36.1 Å². The van der Waals surface area contributed by atoms with Gasteiger partial charge in [0.2, 0.25) is 11.6 Å². The largest absolute Gasteiger partial charge is 0.380 e. The van der Waals surface area contributed by atoms with Gasteiger partial charge < -0.3 is 24.9 Å². The predicted molar refractivity (Wildman–Crippen MR) is 131 cm³/mol. The molecular weight excluding hydrogens is 446 g/mol. The van der Waals surface area contributed by atoms with E-state index in [9.17, 15) is 4.79 Å². The highest BCUT2D eigenvalue weighted by Crippen LogP contribution is 2.35. The number of Topliss-reactive ketones (excluding diaryl/α,β-unsaturated/α-hetero) is 1. The van der Waals surface area contributed by atoms with Crippen LogP contribution in [0.1, 0.15) is 47.2 Å². The predicted octanol–water partition coefficient (Wildman–Crippen LogP) is 4.44. The molecule has 0 saturated carbocycles. The Morgan fingerprint density at radius 3 is 2.80 bits per heavy atom. The van der Waals surface area contributed by atoms with Crippen LogP contribution in [-0.4, -0.2) is 45.2 Å². The average Bonchev–Trinajstić information content (AvgIpc) is 3.34. The summed E-state index contributed by atoms with van der Waals surface area (Å²) in [7, 11) is 1.67. The lowest BCUT2D eigenvalue weighted by atomic mass is 9.83. The fourth-order valence-corrected chi connectivity index (χ4v) is 4.18. The molecule has 1 aliphatic rings. The van der Waals surface area contributed by atoms with Gasteiger partial charge in [-0.15, -0.1) is 0 Å². The van der Waals surface area contributed by atoms with Crippen molar-refractivity contribution >= 4 is 11.5 Å². The fraction of sp³-hybridized carbons (Fsp3) is 0.259. The number of ether oxygens (including phenoxy) is 1. The molecule has 1 heterocycles. The summed E-state index contributed by atoms with van der Waals surface area (Å²) in [6.07, 6.45) is 5.12. The van der Waals surface area contributed by atoms with Gasteiger partial charge in [0.1, 0.15) is 0 Å². The monoisotopic (exact) mass is 473 g/mol. The Hall–Kier alpha value is -3.72. The van der Waals surface area contributed by atoms with Crippen molar-refractivity contribution in [3.8, 4) is 22.8 Å². The van der Waals surface area contributed by atoms with Gasteiger partial charge in [-0.25, -0.2) is 0 Å². The number of aromatic nitrogens is 2. The summed E-state index contributed by atoms with van der Waals surface area (Å²) in [6, 6.07) is 12.5. The molecular formula is C27H27N3O5. The van der Waals surface area contributed by atoms with Crippen LogP contribution in [0, 0.1) is 5.41 Å². The van der Waals surface area contributed by atoms with Crippen LogP contribution in [0.15, 0.2) is 70.8 Å². The van der Waals surface area contributed by atoms with Gasteiger partial charge in [-0.1, -0.05) is 53.2 Å². The Bertz CT molecular complexity index is 1310. The maximum atomic E-state index is 12.4. The number of carbonyl (C=O) groups is 1. The third kappa shape index (κ3) is 5.51. The van der Waals surface area contributed by atoms with Crippen LogP contribution >= 0.6 is 0 Å². The van der Waals surface area contributed by atoms with Gasteiger partial charge in [0.15, 0.2) is 6.29 Å². The van der Waals surface area contributed by atoms with E-state index >= 15 is 0 Å². The summed E-state index contributed by atoms with van der Waals surface area (Å²) in [5.41, 5.74) is 4.70. The van der Waals surface area contributed by atoms with Crippen LogP contribution in [0.2, 0.25) is 0 Å². The molecule has 0 spiro atoms. The van der Waals surface area contributed by atoms with Crippen LogP contribution in [-0.2, 0) is 11.3 Å². The highest BCUT2D eigenvalue weighted by molar-refractivity contribution is 6.45. The maximum absolute atomic E-state index is 12.4. The quantitative estimate of drug-likeness (QED) is 0.238. The molecule has 0 bridgehead atoms. The van der Waals surface area contributed by atoms with E-state index in [0.29, 0.717) is 29.8 Å². The van der Waals surface area contributed by atoms with Gasteiger partial charge in [-0.05, 0) is 42.7 Å².